The Labute approximate surface area is 184 Å². The lowest BCUT2D eigenvalue weighted by Gasteiger charge is -2.48. The van der Waals surface area contributed by atoms with Crippen LogP contribution in [0.25, 0.3) is 11.1 Å². The van der Waals surface area contributed by atoms with Gasteiger partial charge in [0.1, 0.15) is 11.2 Å². The fourth-order valence-corrected chi connectivity index (χ4v) is 6.07. The number of fused-ring (bicyclic) bond motifs is 3. The van der Waals surface area contributed by atoms with Crippen molar-refractivity contribution in [2.24, 2.45) is 5.92 Å². The van der Waals surface area contributed by atoms with Crippen LogP contribution in [0.4, 0.5) is 0 Å². The number of nitrogens with zero attached hydrogens (tertiary/aromatic N) is 2. The second-order valence-electron chi connectivity index (χ2n) is 10.3. The van der Waals surface area contributed by atoms with E-state index in [0.29, 0.717) is 12.2 Å². The third-order valence-corrected chi connectivity index (χ3v) is 7.99. The highest BCUT2D eigenvalue weighted by Gasteiger charge is 2.50. The van der Waals surface area contributed by atoms with Crippen LogP contribution in [0, 0.1) is 5.92 Å². The molecule has 5 rings (SSSR count). The molecule has 1 unspecified atom stereocenters. The maximum atomic E-state index is 13.8. The van der Waals surface area contributed by atoms with Crippen LogP contribution in [0.1, 0.15) is 88.5 Å². The van der Waals surface area contributed by atoms with Gasteiger partial charge >= 0.3 is 0 Å². The Morgan fingerprint density at radius 3 is 2.52 bits per heavy atom. The number of hydrogen-bond acceptors (Lipinski definition) is 3. The van der Waals surface area contributed by atoms with Gasteiger partial charge in [-0.25, -0.2) is 0 Å². The lowest BCUT2D eigenvalue weighted by atomic mass is 9.86. The molecule has 6 heteroatoms. The highest BCUT2D eigenvalue weighted by Crippen LogP contribution is 2.37. The third kappa shape index (κ3) is 3.58. The molecule has 3 heterocycles. The van der Waals surface area contributed by atoms with Crippen molar-refractivity contribution in [2.75, 3.05) is 0 Å². The van der Waals surface area contributed by atoms with Crippen molar-refractivity contribution >= 4 is 22.9 Å². The Bertz CT molecular complexity index is 960. The van der Waals surface area contributed by atoms with Crippen LogP contribution >= 0.6 is 0 Å². The van der Waals surface area contributed by atoms with Gasteiger partial charge in [0.15, 0.2) is 5.58 Å². The van der Waals surface area contributed by atoms with Crippen LogP contribution in [-0.2, 0) is 11.3 Å². The van der Waals surface area contributed by atoms with Crippen molar-refractivity contribution in [1.29, 1.82) is 0 Å². The molecule has 0 saturated heterocycles. The number of furan rings is 1. The summed E-state index contributed by atoms with van der Waals surface area (Å²) >= 11 is 0. The predicted octanol–water partition coefficient (Wildman–Crippen LogP) is 4.87. The van der Waals surface area contributed by atoms with E-state index in [1.54, 1.807) is 6.26 Å². The molecule has 0 spiro atoms. The van der Waals surface area contributed by atoms with E-state index in [2.05, 4.69) is 12.2 Å². The molecule has 3 aliphatic rings. The molecule has 2 aromatic rings. The minimum atomic E-state index is -0.897. The standard InChI is InChI=1S/C25H35N3O3/c1-17-9-11-18(12-10-17)26-24(30)25(2)16-27-20-13-14-31-22(20)15-21(27)23(29)28(25)19-7-5-3-4-6-8-19/h13-15,17-19H,3-12,16H2,1-2H3,(H,26,30). The summed E-state index contributed by atoms with van der Waals surface area (Å²) < 4.78 is 7.58. The largest absolute Gasteiger partial charge is 0.463 e. The highest BCUT2D eigenvalue weighted by molar-refractivity contribution is 6.03. The molecule has 2 aromatic heterocycles. The molecule has 1 atom stereocenters. The summed E-state index contributed by atoms with van der Waals surface area (Å²) in [5.41, 5.74) is 1.37. The maximum Gasteiger partial charge on any atom is 0.271 e. The Balaban J connectivity index is 1.50. The quantitative estimate of drug-likeness (QED) is 0.714. The Morgan fingerprint density at radius 1 is 1.10 bits per heavy atom. The van der Waals surface area contributed by atoms with E-state index in [-0.39, 0.29) is 23.9 Å². The predicted molar refractivity (Wildman–Crippen MR) is 120 cm³/mol. The Morgan fingerprint density at radius 2 is 1.81 bits per heavy atom. The number of hydrogen-bond donors (Lipinski definition) is 1. The minimum absolute atomic E-state index is 0.000597. The molecule has 0 radical (unpaired) electrons. The van der Waals surface area contributed by atoms with E-state index < -0.39 is 5.54 Å². The molecule has 2 saturated carbocycles. The fraction of sp³-hybridized carbons (Fsp3) is 0.680. The second kappa shape index (κ2) is 8.03. The lowest BCUT2D eigenvalue weighted by Crippen LogP contribution is -2.67. The van der Waals surface area contributed by atoms with E-state index in [4.69, 9.17) is 4.42 Å². The van der Waals surface area contributed by atoms with Gasteiger partial charge in [0.2, 0.25) is 5.91 Å². The van der Waals surface area contributed by atoms with Crippen LogP contribution in [-0.4, -0.2) is 38.9 Å². The fourth-order valence-electron chi connectivity index (χ4n) is 6.07. The average molecular weight is 426 g/mol. The highest BCUT2D eigenvalue weighted by atomic mass is 16.3. The lowest BCUT2D eigenvalue weighted by molar-refractivity contribution is -0.135. The van der Waals surface area contributed by atoms with Gasteiger partial charge in [0.25, 0.3) is 5.91 Å². The van der Waals surface area contributed by atoms with Crippen LogP contribution < -0.4 is 5.32 Å². The monoisotopic (exact) mass is 425 g/mol. The van der Waals surface area contributed by atoms with Crippen LogP contribution in [0.15, 0.2) is 22.8 Å². The van der Waals surface area contributed by atoms with Crippen molar-refractivity contribution in [3.8, 4) is 0 Å². The van der Waals surface area contributed by atoms with Gasteiger partial charge in [-0.1, -0.05) is 32.6 Å². The molecular weight excluding hydrogens is 390 g/mol. The molecule has 168 valence electrons. The number of amides is 2. The van der Waals surface area contributed by atoms with Crippen molar-refractivity contribution in [2.45, 2.75) is 102 Å². The molecule has 0 bridgehead atoms. The molecular formula is C25H35N3O3. The summed E-state index contributed by atoms with van der Waals surface area (Å²) in [6.45, 7) is 4.74. The van der Waals surface area contributed by atoms with E-state index in [1.165, 1.54) is 12.8 Å². The van der Waals surface area contributed by atoms with Crippen molar-refractivity contribution in [3.05, 3.63) is 24.1 Å². The normalized spacial score (nSPS) is 30.3. The summed E-state index contributed by atoms with van der Waals surface area (Å²) in [5.74, 6) is 0.708. The second-order valence-corrected chi connectivity index (χ2v) is 10.3. The van der Waals surface area contributed by atoms with Crippen LogP contribution in [0.5, 0.6) is 0 Å². The first-order chi connectivity index (χ1) is 15.0. The maximum absolute atomic E-state index is 13.8. The van der Waals surface area contributed by atoms with E-state index >= 15 is 0 Å². The number of aromatic nitrogens is 1. The van der Waals surface area contributed by atoms with Gasteiger partial charge < -0.3 is 19.2 Å². The zero-order valence-corrected chi connectivity index (χ0v) is 18.9. The molecule has 0 aromatic carbocycles. The van der Waals surface area contributed by atoms with Gasteiger partial charge in [-0.05, 0) is 51.4 Å². The van der Waals surface area contributed by atoms with E-state index in [1.807, 2.05) is 28.5 Å². The summed E-state index contributed by atoms with van der Waals surface area (Å²) in [6.07, 6.45) is 12.7. The van der Waals surface area contributed by atoms with Crippen LogP contribution in [0.2, 0.25) is 0 Å². The molecule has 2 fully saturated rings. The average Bonchev–Trinajstić information content (AvgIpc) is 3.23. The molecule has 6 nitrogen and oxygen atoms in total. The Hall–Kier alpha value is -2.24. The minimum Gasteiger partial charge on any atom is -0.463 e. The van der Waals surface area contributed by atoms with Gasteiger partial charge in [0.05, 0.1) is 18.3 Å². The SMILES string of the molecule is CC1CCC(NC(=O)C2(C)Cn3c(cc4occc43)C(=O)N2C2CCCCCC2)CC1. The first kappa shape index (κ1) is 20.7. The zero-order chi connectivity index (χ0) is 21.6. The van der Waals surface area contributed by atoms with Gasteiger partial charge in [-0.2, -0.15) is 0 Å². The summed E-state index contributed by atoms with van der Waals surface area (Å²) in [7, 11) is 0. The first-order valence-electron chi connectivity index (χ1n) is 12.2. The summed E-state index contributed by atoms with van der Waals surface area (Å²) in [6, 6.07) is 4.08. The summed E-state index contributed by atoms with van der Waals surface area (Å²) in [4.78, 5) is 29.6. The van der Waals surface area contributed by atoms with Gasteiger partial charge in [0, 0.05) is 24.2 Å². The third-order valence-electron chi connectivity index (χ3n) is 7.99. The first-order valence-corrected chi connectivity index (χ1v) is 12.2. The van der Waals surface area contributed by atoms with Crippen molar-refractivity contribution in [1.82, 2.24) is 14.8 Å². The smallest absolute Gasteiger partial charge is 0.271 e. The molecule has 2 aliphatic carbocycles. The van der Waals surface area contributed by atoms with Crippen molar-refractivity contribution in [3.63, 3.8) is 0 Å². The molecule has 2 amide bonds. The van der Waals surface area contributed by atoms with E-state index in [9.17, 15) is 9.59 Å². The molecule has 1 N–H and O–H groups in total. The number of nitrogens with one attached hydrogen (secondary N) is 1. The molecule has 31 heavy (non-hydrogen) atoms. The topological polar surface area (TPSA) is 67.5 Å². The van der Waals surface area contributed by atoms with Crippen molar-refractivity contribution < 1.29 is 14.0 Å². The Kier molecular flexibility index (Phi) is 5.35. The summed E-state index contributed by atoms with van der Waals surface area (Å²) in [5, 5.41) is 3.35. The number of rotatable bonds is 3. The van der Waals surface area contributed by atoms with Crippen LogP contribution in [0.3, 0.4) is 0 Å². The number of carbonyl (C=O) groups is 2. The van der Waals surface area contributed by atoms with Gasteiger partial charge in [-0.3, -0.25) is 9.59 Å². The molecule has 1 aliphatic heterocycles. The van der Waals surface area contributed by atoms with E-state index in [0.717, 1.165) is 68.4 Å². The number of carbonyl (C=O) groups excluding carboxylic acids is 2. The zero-order valence-electron chi connectivity index (χ0n) is 18.9. The van der Waals surface area contributed by atoms with Gasteiger partial charge in [-0.15, -0.1) is 0 Å².